The summed E-state index contributed by atoms with van der Waals surface area (Å²) in [5.74, 6) is 0.773. The van der Waals surface area contributed by atoms with E-state index in [4.69, 9.17) is 4.74 Å². The number of hydrogen-bond donors (Lipinski definition) is 1. The van der Waals surface area contributed by atoms with Crippen LogP contribution in [0, 0.1) is 5.82 Å². The van der Waals surface area contributed by atoms with Crippen LogP contribution in [-0.4, -0.2) is 7.05 Å². The molecule has 0 heterocycles. The number of halogens is 3. The van der Waals surface area contributed by atoms with Crippen molar-refractivity contribution >= 4 is 31.9 Å². The van der Waals surface area contributed by atoms with Gasteiger partial charge in [-0.3, -0.25) is 0 Å². The van der Waals surface area contributed by atoms with Crippen LogP contribution in [0.2, 0.25) is 0 Å². The monoisotopic (exact) mass is 387 g/mol. The van der Waals surface area contributed by atoms with Crippen molar-refractivity contribution in [1.29, 1.82) is 0 Å². The zero-order valence-corrected chi connectivity index (χ0v) is 13.4. The quantitative estimate of drug-likeness (QED) is 0.807. The largest absolute Gasteiger partial charge is 0.456 e. The average molecular weight is 389 g/mol. The molecule has 0 radical (unpaired) electrons. The summed E-state index contributed by atoms with van der Waals surface area (Å²) >= 11 is 6.82. The fourth-order valence-corrected chi connectivity index (χ4v) is 2.43. The summed E-state index contributed by atoms with van der Waals surface area (Å²) < 4.78 is 20.5. The van der Waals surface area contributed by atoms with Crippen LogP contribution in [-0.2, 0) is 6.54 Å². The number of ether oxygens (including phenoxy) is 1. The molecule has 100 valence electrons. The van der Waals surface area contributed by atoms with Gasteiger partial charge in [-0.15, -0.1) is 0 Å². The fourth-order valence-electron chi connectivity index (χ4n) is 1.61. The van der Waals surface area contributed by atoms with Gasteiger partial charge in [0.25, 0.3) is 0 Å². The molecule has 0 aliphatic heterocycles. The minimum absolute atomic E-state index is 0.330. The predicted octanol–water partition coefficient (Wildman–Crippen LogP) is 4.86. The second-order valence-electron chi connectivity index (χ2n) is 3.96. The van der Waals surface area contributed by atoms with E-state index in [2.05, 4.69) is 37.2 Å². The third-order valence-corrected chi connectivity index (χ3v) is 3.91. The van der Waals surface area contributed by atoms with Crippen molar-refractivity contribution in [3.8, 4) is 11.5 Å². The van der Waals surface area contributed by atoms with Crippen LogP contribution >= 0.6 is 31.9 Å². The highest BCUT2D eigenvalue weighted by Crippen LogP contribution is 2.32. The fraction of sp³-hybridized carbons (Fsp3) is 0.143. The molecule has 0 aliphatic rings. The van der Waals surface area contributed by atoms with Crippen molar-refractivity contribution in [2.24, 2.45) is 0 Å². The Balaban J connectivity index is 2.24. The molecule has 0 aromatic heterocycles. The van der Waals surface area contributed by atoms with E-state index in [0.717, 1.165) is 16.6 Å². The van der Waals surface area contributed by atoms with E-state index in [-0.39, 0.29) is 5.82 Å². The third-order valence-electron chi connectivity index (χ3n) is 2.51. The molecule has 2 nitrogen and oxygen atoms in total. The van der Waals surface area contributed by atoms with Crippen molar-refractivity contribution in [3.63, 3.8) is 0 Å². The SMILES string of the molecule is CNCc1ccc(Oc2cc(F)ccc2Br)cc1Br. The van der Waals surface area contributed by atoms with Crippen LogP contribution in [0.5, 0.6) is 11.5 Å². The molecule has 0 fully saturated rings. The number of hydrogen-bond acceptors (Lipinski definition) is 2. The first-order chi connectivity index (χ1) is 9.10. The van der Waals surface area contributed by atoms with Gasteiger partial charge in [-0.1, -0.05) is 22.0 Å². The summed E-state index contributed by atoms with van der Waals surface area (Å²) in [5, 5.41) is 3.08. The van der Waals surface area contributed by atoms with Gasteiger partial charge in [0.1, 0.15) is 17.3 Å². The number of benzene rings is 2. The molecule has 2 rings (SSSR count). The Bertz CT molecular complexity index is 590. The lowest BCUT2D eigenvalue weighted by Gasteiger charge is -2.10. The molecule has 2 aromatic carbocycles. The zero-order valence-electron chi connectivity index (χ0n) is 10.2. The molecule has 0 saturated carbocycles. The molecule has 19 heavy (non-hydrogen) atoms. The Morgan fingerprint density at radius 1 is 1.11 bits per heavy atom. The highest BCUT2D eigenvalue weighted by atomic mass is 79.9. The van der Waals surface area contributed by atoms with E-state index in [1.165, 1.54) is 12.1 Å². The maximum atomic E-state index is 13.2. The van der Waals surface area contributed by atoms with Crippen LogP contribution in [0.3, 0.4) is 0 Å². The summed E-state index contributed by atoms with van der Waals surface area (Å²) in [6, 6.07) is 10.0. The van der Waals surface area contributed by atoms with Gasteiger partial charge in [-0.05, 0) is 52.8 Å². The van der Waals surface area contributed by atoms with Gasteiger partial charge in [0.15, 0.2) is 0 Å². The molecule has 0 bridgehead atoms. The van der Waals surface area contributed by atoms with Crippen molar-refractivity contribution in [2.45, 2.75) is 6.54 Å². The van der Waals surface area contributed by atoms with Gasteiger partial charge < -0.3 is 10.1 Å². The first-order valence-electron chi connectivity index (χ1n) is 5.66. The Labute approximate surface area is 128 Å². The molecule has 5 heteroatoms. The molecule has 1 N–H and O–H groups in total. The molecule has 0 spiro atoms. The van der Waals surface area contributed by atoms with Gasteiger partial charge in [0.05, 0.1) is 4.47 Å². The summed E-state index contributed by atoms with van der Waals surface area (Å²) in [6.45, 7) is 0.768. The van der Waals surface area contributed by atoms with Gasteiger partial charge in [-0.2, -0.15) is 0 Å². The summed E-state index contributed by atoms with van der Waals surface area (Å²) in [5.41, 5.74) is 1.13. The normalized spacial score (nSPS) is 10.5. The van der Waals surface area contributed by atoms with E-state index >= 15 is 0 Å². The van der Waals surface area contributed by atoms with Crippen LogP contribution in [0.1, 0.15) is 5.56 Å². The lowest BCUT2D eigenvalue weighted by Crippen LogP contribution is -2.05. The number of rotatable bonds is 4. The summed E-state index contributed by atoms with van der Waals surface area (Å²) in [6.07, 6.45) is 0. The molecule has 0 atom stereocenters. The van der Waals surface area contributed by atoms with Gasteiger partial charge in [0.2, 0.25) is 0 Å². The molecule has 0 unspecified atom stereocenters. The first kappa shape index (κ1) is 14.5. The van der Waals surface area contributed by atoms with Crippen LogP contribution in [0.25, 0.3) is 0 Å². The van der Waals surface area contributed by atoms with E-state index in [1.807, 2.05) is 25.2 Å². The predicted molar refractivity (Wildman–Crippen MR) is 81.1 cm³/mol. The minimum Gasteiger partial charge on any atom is -0.456 e. The maximum Gasteiger partial charge on any atom is 0.144 e. The van der Waals surface area contributed by atoms with E-state index in [1.54, 1.807) is 6.07 Å². The molecular formula is C14H12Br2FNO. The Hall–Kier alpha value is -0.910. The lowest BCUT2D eigenvalue weighted by molar-refractivity contribution is 0.473. The second-order valence-corrected chi connectivity index (χ2v) is 5.67. The topological polar surface area (TPSA) is 21.3 Å². The minimum atomic E-state index is -0.330. The molecule has 0 amide bonds. The first-order valence-corrected chi connectivity index (χ1v) is 7.24. The van der Waals surface area contributed by atoms with Gasteiger partial charge in [-0.25, -0.2) is 4.39 Å². The van der Waals surface area contributed by atoms with Crippen molar-refractivity contribution < 1.29 is 9.13 Å². The Morgan fingerprint density at radius 2 is 1.89 bits per heavy atom. The highest BCUT2D eigenvalue weighted by molar-refractivity contribution is 9.10. The summed E-state index contributed by atoms with van der Waals surface area (Å²) in [4.78, 5) is 0. The Kier molecular flexibility index (Phi) is 4.96. The standard InChI is InChI=1S/C14H12Br2FNO/c1-18-8-9-2-4-11(7-13(9)16)19-14-6-10(17)3-5-12(14)15/h2-7,18H,8H2,1H3. The van der Waals surface area contributed by atoms with Gasteiger partial charge in [0, 0.05) is 17.1 Å². The third kappa shape index (κ3) is 3.78. The summed E-state index contributed by atoms with van der Waals surface area (Å²) in [7, 11) is 1.89. The highest BCUT2D eigenvalue weighted by Gasteiger charge is 2.06. The van der Waals surface area contributed by atoms with Crippen LogP contribution in [0.4, 0.5) is 4.39 Å². The maximum absolute atomic E-state index is 13.2. The lowest BCUT2D eigenvalue weighted by atomic mass is 10.2. The second kappa shape index (κ2) is 6.50. The molecule has 0 aliphatic carbocycles. The smallest absolute Gasteiger partial charge is 0.144 e. The number of nitrogens with one attached hydrogen (secondary N) is 1. The van der Waals surface area contributed by atoms with E-state index in [0.29, 0.717) is 16.0 Å². The average Bonchev–Trinajstić information content (AvgIpc) is 2.37. The van der Waals surface area contributed by atoms with E-state index in [9.17, 15) is 4.39 Å². The van der Waals surface area contributed by atoms with Crippen molar-refractivity contribution in [1.82, 2.24) is 5.32 Å². The molecule has 0 saturated heterocycles. The van der Waals surface area contributed by atoms with Gasteiger partial charge >= 0.3 is 0 Å². The Morgan fingerprint density at radius 3 is 2.58 bits per heavy atom. The van der Waals surface area contributed by atoms with Crippen LogP contribution in [0.15, 0.2) is 45.3 Å². The van der Waals surface area contributed by atoms with E-state index < -0.39 is 0 Å². The molecular weight excluding hydrogens is 377 g/mol. The molecule has 2 aromatic rings. The zero-order chi connectivity index (χ0) is 13.8. The van der Waals surface area contributed by atoms with Crippen molar-refractivity contribution in [3.05, 3.63) is 56.7 Å². The van der Waals surface area contributed by atoms with Crippen molar-refractivity contribution in [2.75, 3.05) is 7.05 Å². The van der Waals surface area contributed by atoms with Crippen LogP contribution < -0.4 is 10.1 Å².